The van der Waals surface area contributed by atoms with Gasteiger partial charge in [-0.1, -0.05) is 74.7 Å². The highest BCUT2D eigenvalue weighted by Crippen LogP contribution is 2.44. The van der Waals surface area contributed by atoms with Gasteiger partial charge in [-0.3, -0.25) is 9.59 Å². The van der Waals surface area contributed by atoms with Gasteiger partial charge in [0, 0.05) is 37.3 Å². The molecule has 1 saturated carbocycles. The Hall–Kier alpha value is -2.09. The smallest absolute Gasteiger partial charge is 0.457 e. The van der Waals surface area contributed by atoms with Gasteiger partial charge in [-0.05, 0) is 82.2 Å². The Morgan fingerprint density at radius 2 is 1.86 bits per heavy atom. The molecule has 0 aromatic heterocycles. The lowest BCUT2D eigenvalue weighted by molar-refractivity contribution is -0.147. The van der Waals surface area contributed by atoms with Gasteiger partial charge >= 0.3 is 13.1 Å². The predicted molar refractivity (Wildman–Crippen MR) is 176 cm³/mol. The van der Waals surface area contributed by atoms with E-state index < -0.39 is 0 Å². The molecule has 1 heterocycles. The number of hydrogen-bond donors (Lipinski definition) is 1. The van der Waals surface area contributed by atoms with Gasteiger partial charge in [0.15, 0.2) is 0 Å². The van der Waals surface area contributed by atoms with E-state index in [4.69, 9.17) is 25.6 Å². The van der Waals surface area contributed by atoms with Crippen LogP contribution in [-0.4, -0.2) is 49.7 Å². The maximum Gasteiger partial charge on any atom is 0.457 e. The van der Waals surface area contributed by atoms with Crippen molar-refractivity contribution in [3.63, 3.8) is 0 Å². The van der Waals surface area contributed by atoms with E-state index in [9.17, 15) is 9.59 Å². The van der Waals surface area contributed by atoms with E-state index in [0.29, 0.717) is 31.2 Å². The number of unbranched alkanes of at least 4 members (excludes halogenated alkanes) is 4. The number of ether oxygens (including phenoxy) is 1. The van der Waals surface area contributed by atoms with Crippen LogP contribution in [0, 0.1) is 11.8 Å². The maximum atomic E-state index is 12.8. The van der Waals surface area contributed by atoms with Crippen molar-refractivity contribution in [1.29, 1.82) is 0 Å². The van der Waals surface area contributed by atoms with Crippen LogP contribution in [0.1, 0.15) is 96.5 Å². The number of hydrogen-bond acceptors (Lipinski definition) is 5. The highest BCUT2D eigenvalue weighted by Gasteiger charge is 2.49. The van der Waals surface area contributed by atoms with Crippen molar-refractivity contribution in [2.24, 2.45) is 11.8 Å². The van der Waals surface area contributed by atoms with E-state index in [2.05, 4.69) is 48.7 Å². The van der Waals surface area contributed by atoms with Crippen LogP contribution in [0.15, 0.2) is 54.6 Å². The number of aryl methyl sites for hydroxylation is 1. The Morgan fingerprint density at radius 3 is 2.63 bits per heavy atom. The third-order valence-corrected chi connectivity index (χ3v) is 8.71. The van der Waals surface area contributed by atoms with Crippen molar-refractivity contribution in [1.82, 2.24) is 5.32 Å². The molecule has 8 heteroatoms. The van der Waals surface area contributed by atoms with Gasteiger partial charge in [-0.15, -0.1) is 11.6 Å². The van der Waals surface area contributed by atoms with Crippen LogP contribution in [-0.2, 0) is 30.1 Å². The van der Waals surface area contributed by atoms with Crippen molar-refractivity contribution in [2.45, 2.75) is 122 Å². The van der Waals surface area contributed by atoms with Gasteiger partial charge < -0.3 is 19.4 Å². The van der Waals surface area contributed by atoms with E-state index in [1.807, 2.05) is 25.1 Å². The fourth-order valence-electron chi connectivity index (χ4n) is 6.10. The molecule has 1 amide bonds. The summed E-state index contributed by atoms with van der Waals surface area (Å²) >= 11 is 5.80. The number of fused-ring (bicyclic) bond motifs is 2. The first-order valence-corrected chi connectivity index (χ1v) is 17.3. The van der Waals surface area contributed by atoms with Gasteiger partial charge in [-0.25, -0.2) is 0 Å². The van der Waals surface area contributed by atoms with E-state index in [-0.39, 0.29) is 43.2 Å². The molecule has 1 N–H and O–H groups in total. The minimum absolute atomic E-state index is 0.106. The molecule has 3 rings (SSSR count). The number of nitrogens with one attached hydrogen (secondary N) is 1. The summed E-state index contributed by atoms with van der Waals surface area (Å²) in [4.78, 5) is 24.5. The lowest BCUT2D eigenvalue weighted by Crippen LogP contribution is -2.37. The SMILES string of the molecule is CCCCB1O[C@H]2C[C@@H](O1)[C@H](/C=C/[C@H](CCc1ccccc1)OC(=O)CCCCCCl)C2C/C=C\CCCC(=O)NCC. The number of allylic oxidation sites excluding steroid dienone is 2. The third-order valence-electron chi connectivity index (χ3n) is 8.44. The number of carbonyl (C=O) groups excluding carboxylic acids is 2. The van der Waals surface area contributed by atoms with Crippen molar-refractivity contribution >= 4 is 30.6 Å². The summed E-state index contributed by atoms with van der Waals surface area (Å²) < 4.78 is 19.0. The Kier molecular flexibility index (Phi) is 17.1. The second kappa shape index (κ2) is 20.8. The summed E-state index contributed by atoms with van der Waals surface area (Å²) in [5.41, 5.74) is 1.24. The Bertz CT molecular complexity index is 990. The number of esters is 1. The minimum Gasteiger partial charge on any atom is -0.458 e. The number of benzene rings is 1. The zero-order chi connectivity index (χ0) is 30.7. The Labute approximate surface area is 265 Å². The van der Waals surface area contributed by atoms with Crippen molar-refractivity contribution in [3.8, 4) is 0 Å². The molecular weight excluding hydrogens is 561 g/mol. The van der Waals surface area contributed by atoms with Crippen molar-refractivity contribution in [3.05, 3.63) is 60.2 Å². The first-order valence-electron chi connectivity index (χ1n) is 16.7. The summed E-state index contributed by atoms with van der Waals surface area (Å²) in [5, 5.41) is 2.86. The predicted octanol–water partition coefficient (Wildman–Crippen LogP) is 7.85. The molecule has 1 saturated heterocycles. The van der Waals surface area contributed by atoms with E-state index in [1.54, 1.807) is 0 Å². The Balaban J connectivity index is 1.67. The quantitative estimate of drug-likeness (QED) is 0.0503. The summed E-state index contributed by atoms with van der Waals surface area (Å²) in [7, 11) is -0.148. The fourth-order valence-corrected chi connectivity index (χ4v) is 6.29. The normalized spacial score (nSPS) is 22.3. The average Bonchev–Trinajstić information content (AvgIpc) is 3.25. The van der Waals surface area contributed by atoms with Crippen LogP contribution in [0.4, 0.5) is 0 Å². The van der Waals surface area contributed by atoms with Gasteiger partial charge in [0.2, 0.25) is 5.91 Å². The summed E-state index contributed by atoms with van der Waals surface area (Å²) in [5.74, 6) is 1.09. The molecule has 0 radical (unpaired) electrons. The first kappa shape index (κ1) is 35.4. The highest BCUT2D eigenvalue weighted by atomic mass is 35.5. The van der Waals surface area contributed by atoms with E-state index in [1.165, 1.54) is 5.56 Å². The minimum atomic E-state index is -0.288. The average molecular weight is 614 g/mol. The summed E-state index contributed by atoms with van der Waals surface area (Å²) in [6.45, 7) is 4.81. The largest absolute Gasteiger partial charge is 0.458 e. The molecule has 2 aliphatic rings. The summed E-state index contributed by atoms with van der Waals surface area (Å²) in [6, 6.07) is 10.4. The topological polar surface area (TPSA) is 73.9 Å². The molecule has 2 bridgehead atoms. The maximum absolute atomic E-state index is 12.8. The van der Waals surface area contributed by atoms with Crippen LogP contribution in [0.3, 0.4) is 0 Å². The molecule has 0 spiro atoms. The van der Waals surface area contributed by atoms with Crippen LogP contribution in [0.5, 0.6) is 0 Å². The molecule has 6 nitrogen and oxygen atoms in total. The molecular formula is C35H53BClNO5. The number of carbonyl (C=O) groups is 2. The van der Waals surface area contributed by atoms with Gasteiger partial charge in [0.1, 0.15) is 6.10 Å². The molecule has 1 aromatic rings. The number of amides is 1. The molecule has 1 aliphatic heterocycles. The number of rotatable bonds is 21. The van der Waals surface area contributed by atoms with E-state index >= 15 is 0 Å². The third kappa shape index (κ3) is 13.2. The summed E-state index contributed by atoms with van der Waals surface area (Å²) in [6.07, 6.45) is 20.6. The van der Waals surface area contributed by atoms with Crippen molar-refractivity contribution < 1.29 is 23.6 Å². The lowest BCUT2D eigenvalue weighted by Gasteiger charge is -2.27. The van der Waals surface area contributed by atoms with Crippen LogP contribution < -0.4 is 5.32 Å². The molecule has 238 valence electrons. The molecule has 1 aliphatic carbocycles. The van der Waals surface area contributed by atoms with Crippen LogP contribution >= 0.6 is 11.6 Å². The highest BCUT2D eigenvalue weighted by molar-refractivity contribution is 6.44. The molecule has 43 heavy (non-hydrogen) atoms. The van der Waals surface area contributed by atoms with Crippen molar-refractivity contribution in [2.75, 3.05) is 12.4 Å². The number of alkyl halides is 1. The van der Waals surface area contributed by atoms with Gasteiger partial charge in [0.25, 0.3) is 0 Å². The monoisotopic (exact) mass is 613 g/mol. The van der Waals surface area contributed by atoms with Gasteiger partial charge in [0.05, 0.1) is 6.10 Å². The lowest BCUT2D eigenvalue weighted by atomic mass is 9.80. The number of halogens is 1. The fraction of sp³-hybridized carbons (Fsp3) is 0.657. The van der Waals surface area contributed by atoms with E-state index in [0.717, 1.165) is 76.9 Å². The second-order valence-electron chi connectivity index (χ2n) is 11.9. The Morgan fingerprint density at radius 1 is 1.05 bits per heavy atom. The standard InChI is InChI=1S/C35H53BClNO5/c1-3-5-25-36-42-32-27-33(43-36)31(30(32)18-12-6-7-13-19-34(39)38-4-2)24-23-29(22-21-28-16-10-8-11-17-28)41-35(40)20-14-9-15-26-37/h6,8,10-12,16-17,23-24,29-33H,3-5,7,9,13-15,18-22,25-27H2,1-2H3,(H,38,39)/b12-6-,24-23+/t29-,30?,31+,32-,33+/m0/s1. The second-order valence-corrected chi connectivity index (χ2v) is 12.3. The molecule has 1 unspecified atom stereocenters. The van der Waals surface area contributed by atoms with Crippen LogP contribution in [0.2, 0.25) is 6.32 Å². The molecule has 2 fully saturated rings. The first-order chi connectivity index (χ1) is 21.0. The molecule has 5 atom stereocenters. The zero-order valence-corrected chi connectivity index (χ0v) is 27.1. The zero-order valence-electron chi connectivity index (χ0n) is 26.4. The van der Waals surface area contributed by atoms with Crippen LogP contribution in [0.25, 0.3) is 0 Å². The van der Waals surface area contributed by atoms with Gasteiger partial charge in [-0.2, -0.15) is 0 Å². The molecule has 1 aromatic carbocycles.